The van der Waals surface area contributed by atoms with E-state index in [1.807, 2.05) is 0 Å². The molecule has 0 saturated carbocycles. The molecule has 0 aliphatic rings. The quantitative estimate of drug-likeness (QED) is 0.299. The molecule has 8 nitrogen and oxygen atoms in total. The van der Waals surface area contributed by atoms with Gasteiger partial charge in [0.1, 0.15) is 12.3 Å². The number of nitrogens with zero attached hydrogens (tertiary/aromatic N) is 5. The van der Waals surface area contributed by atoms with Gasteiger partial charge < -0.3 is 9.26 Å². The van der Waals surface area contributed by atoms with Gasteiger partial charge in [-0.25, -0.2) is 9.48 Å². The molecule has 0 bridgehead atoms. The zero-order chi connectivity index (χ0) is 26.1. The Morgan fingerprint density at radius 2 is 1.69 bits per heavy atom. The zero-order valence-corrected chi connectivity index (χ0v) is 18.6. The maximum absolute atomic E-state index is 12.9. The number of aromatic nitrogens is 5. The van der Waals surface area contributed by atoms with Crippen molar-refractivity contribution in [2.24, 2.45) is 0 Å². The van der Waals surface area contributed by atoms with Crippen molar-refractivity contribution in [1.29, 1.82) is 0 Å². The number of rotatable bonds is 7. The molecular formula is C21H14ClF6N5O3. The molecule has 0 N–H and O–H groups in total. The fourth-order valence-corrected chi connectivity index (χ4v) is 3.34. The second-order valence-electron chi connectivity index (χ2n) is 7.34. The molecule has 2 heterocycles. The van der Waals surface area contributed by atoms with Crippen molar-refractivity contribution < 1.29 is 35.6 Å². The Morgan fingerprint density at radius 1 is 1.00 bits per heavy atom. The van der Waals surface area contributed by atoms with Crippen molar-refractivity contribution in [1.82, 2.24) is 24.5 Å². The zero-order valence-electron chi connectivity index (χ0n) is 17.8. The molecular weight excluding hydrogens is 520 g/mol. The van der Waals surface area contributed by atoms with Gasteiger partial charge >= 0.3 is 18.2 Å². The van der Waals surface area contributed by atoms with Gasteiger partial charge in [0.05, 0.1) is 12.0 Å². The van der Waals surface area contributed by atoms with E-state index in [0.717, 1.165) is 15.3 Å². The Bertz CT molecular complexity index is 1410. The molecule has 0 saturated heterocycles. The first-order chi connectivity index (χ1) is 16.9. The third kappa shape index (κ3) is 6.05. The molecule has 4 aromatic rings. The van der Waals surface area contributed by atoms with Gasteiger partial charge in [-0.3, -0.25) is 4.57 Å². The van der Waals surface area contributed by atoms with Gasteiger partial charge in [-0.1, -0.05) is 28.9 Å². The van der Waals surface area contributed by atoms with Crippen LogP contribution < -0.4 is 10.4 Å². The molecule has 2 aromatic carbocycles. The molecule has 0 unspecified atom stereocenters. The van der Waals surface area contributed by atoms with E-state index in [1.54, 1.807) is 0 Å². The lowest BCUT2D eigenvalue weighted by Gasteiger charge is -2.10. The van der Waals surface area contributed by atoms with Crippen molar-refractivity contribution in [3.8, 4) is 28.5 Å². The number of alkyl halides is 6. The van der Waals surface area contributed by atoms with Crippen LogP contribution in [0.5, 0.6) is 5.75 Å². The van der Waals surface area contributed by atoms with Gasteiger partial charge in [0.15, 0.2) is 5.82 Å². The average molecular weight is 534 g/mol. The molecule has 0 aliphatic heterocycles. The minimum atomic E-state index is -4.96. The summed E-state index contributed by atoms with van der Waals surface area (Å²) >= 11 is 5.86. The van der Waals surface area contributed by atoms with Crippen LogP contribution in [0.1, 0.15) is 12.3 Å². The van der Waals surface area contributed by atoms with Crippen LogP contribution in [-0.4, -0.2) is 37.0 Å². The SMILES string of the molecule is O=c1n(Cc2nc(-c3ccccc3OC(F)(F)F)no2)nc(-c2ccc(Cl)cc2)n1CCC(F)(F)F. The van der Waals surface area contributed by atoms with Crippen molar-refractivity contribution in [3.05, 3.63) is 69.9 Å². The number of para-hydroxylation sites is 1. The molecule has 15 heteroatoms. The highest BCUT2D eigenvalue weighted by atomic mass is 35.5. The molecule has 0 radical (unpaired) electrons. The smallest absolute Gasteiger partial charge is 0.405 e. The highest BCUT2D eigenvalue weighted by molar-refractivity contribution is 6.30. The van der Waals surface area contributed by atoms with Gasteiger partial charge in [-0.15, -0.1) is 18.3 Å². The second kappa shape index (κ2) is 9.68. The third-order valence-corrected chi connectivity index (χ3v) is 5.00. The topological polar surface area (TPSA) is 88.0 Å². The lowest BCUT2D eigenvalue weighted by Crippen LogP contribution is -2.27. The Morgan fingerprint density at radius 3 is 2.36 bits per heavy atom. The first-order valence-electron chi connectivity index (χ1n) is 10.1. The molecule has 0 amide bonds. The molecule has 0 atom stereocenters. The number of ether oxygens (including phenoxy) is 1. The fourth-order valence-electron chi connectivity index (χ4n) is 3.22. The van der Waals surface area contributed by atoms with Crippen LogP contribution in [-0.2, 0) is 13.1 Å². The van der Waals surface area contributed by atoms with Crippen LogP contribution in [0.3, 0.4) is 0 Å². The van der Waals surface area contributed by atoms with E-state index in [-0.39, 0.29) is 23.1 Å². The average Bonchev–Trinajstić information content (AvgIpc) is 3.37. The summed E-state index contributed by atoms with van der Waals surface area (Å²) < 4.78 is 87.3. The van der Waals surface area contributed by atoms with Crippen molar-refractivity contribution in [2.75, 3.05) is 0 Å². The summed E-state index contributed by atoms with van der Waals surface area (Å²) in [4.78, 5) is 16.9. The van der Waals surface area contributed by atoms with E-state index in [4.69, 9.17) is 16.1 Å². The number of halogens is 7. The Labute approximate surface area is 202 Å². The summed E-state index contributed by atoms with van der Waals surface area (Å²) in [6.45, 7) is -1.15. The summed E-state index contributed by atoms with van der Waals surface area (Å²) in [6.07, 6.45) is -10.8. The lowest BCUT2D eigenvalue weighted by atomic mass is 10.2. The first kappa shape index (κ1) is 25.3. The van der Waals surface area contributed by atoms with Crippen LogP contribution >= 0.6 is 11.6 Å². The van der Waals surface area contributed by atoms with Gasteiger partial charge in [0.25, 0.3) is 0 Å². The molecule has 0 spiro atoms. The van der Waals surface area contributed by atoms with Gasteiger partial charge in [-0.05, 0) is 36.4 Å². The third-order valence-electron chi connectivity index (χ3n) is 4.75. The highest BCUT2D eigenvalue weighted by Crippen LogP contribution is 2.32. The summed E-state index contributed by atoms with van der Waals surface area (Å²) in [7, 11) is 0. The molecule has 0 fully saturated rings. The van der Waals surface area contributed by atoms with Crippen molar-refractivity contribution >= 4 is 11.6 Å². The highest BCUT2D eigenvalue weighted by Gasteiger charge is 2.33. The van der Waals surface area contributed by atoms with Gasteiger partial charge in [0.2, 0.25) is 11.7 Å². The Hall–Kier alpha value is -3.81. The normalized spacial score (nSPS) is 12.2. The van der Waals surface area contributed by atoms with Crippen molar-refractivity contribution in [3.63, 3.8) is 0 Å². The fraction of sp³-hybridized carbons (Fsp3) is 0.238. The predicted molar refractivity (Wildman–Crippen MR) is 113 cm³/mol. The maximum atomic E-state index is 12.9. The molecule has 0 aliphatic carbocycles. The van der Waals surface area contributed by atoms with E-state index in [1.165, 1.54) is 42.5 Å². The summed E-state index contributed by atoms with van der Waals surface area (Å²) in [6, 6.07) is 11.0. The molecule has 2 aromatic heterocycles. The standard InChI is InChI=1S/C21H14ClF6N5O3/c22-13-7-5-12(6-8-13)18-30-33(19(34)32(18)10-9-20(23,24)25)11-16-29-17(31-36-16)14-3-1-2-4-15(14)35-21(26,27)28/h1-8H,9-11H2. The maximum Gasteiger partial charge on any atom is 0.573 e. The van der Waals surface area contributed by atoms with E-state index in [2.05, 4.69) is 20.0 Å². The Kier molecular flexibility index (Phi) is 6.80. The summed E-state index contributed by atoms with van der Waals surface area (Å²) in [5.74, 6) is -1.11. The second-order valence-corrected chi connectivity index (χ2v) is 7.78. The molecule has 190 valence electrons. The lowest BCUT2D eigenvalue weighted by molar-refractivity contribution is -0.274. The largest absolute Gasteiger partial charge is 0.573 e. The minimum absolute atomic E-state index is 0.0513. The number of hydrogen-bond donors (Lipinski definition) is 0. The first-order valence-corrected chi connectivity index (χ1v) is 10.5. The van der Waals surface area contributed by atoms with E-state index >= 15 is 0 Å². The van der Waals surface area contributed by atoms with Crippen LogP contribution in [0.4, 0.5) is 26.3 Å². The van der Waals surface area contributed by atoms with Crippen molar-refractivity contribution in [2.45, 2.75) is 32.0 Å². The molecule has 36 heavy (non-hydrogen) atoms. The predicted octanol–water partition coefficient (Wildman–Crippen LogP) is 5.31. The number of hydrogen-bond acceptors (Lipinski definition) is 6. The van der Waals surface area contributed by atoms with Crippen LogP contribution in [0.15, 0.2) is 57.8 Å². The van der Waals surface area contributed by atoms with Crippen LogP contribution in [0.25, 0.3) is 22.8 Å². The Balaban J connectivity index is 1.66. The monoisotopic (exact) mass is 533 g/mol. The summed E-state index contributed by atoms with van der Waals surface area (Å²) in [5, 5.41) is 8.10. The van der Waals surface area contributed by atoms with Crippen LogP contribution in [0.2, 0.25) is 5.02 Å². The number of benzene rings is 2. The van der Waals surface area contributed by atoms with E-state index < -0.39 is 43.5 Å². The van der Waals surface area contributed by atoms with E-state index in [0.29, 0.717) is 10.6 Å². The van der Waals surface area contributed by atoms with E-state index in [9.17, 15) is 31.1 Å². The van der Waals surface area contributed by atoms with Crippen LogP contribution in [0, 0.1) is 0 Å². The van der Waals surface area contributed by atoms with Gasteiger partial charge in [-0.2, -0.15) is 18.2 Å². The molecule has 4 rings (SSSR count). The minimum Gasteiger partial charge on any atom is -0.405 e. The van der Waals surface area contributed by atoms with Gasteiger partial charge in [0, 0.05) is 17.1 Å². The summed E-state index contributed by atoms with van der Waals surface area (Å²) in [5.41, 5.74) is -0.679.